The number of carbonyl (C=O) groups is 2. The van der Waals surface area contributed by atoms with Crippen LogP contribution in [-0.2, 0) is 20.7 Å². The van der Waals surface area contributed by atoms with Crippen LogP contribution in [0.4, 0.5) is 4.39 Å². The maximum atomic E-state index is 13.2. The number of Topliss-reactive ketones (excluding diaryl/α,β-unsaturated/α-hetero) is 1. The van der Waals surface area contributed by atoms with Crippen molar-refractivity contribution < 1.29 is 23.5 Å². The van der Waals surface area contributed by atoms with Gasteiger partial charge in [-0.2, -0.15) is 0 Å². The highest BCUT2D eigenvalue weighted by Crippen LogP contribution is 2.29. The lowest BCUT2D eigenvalue weighted by atomic mass is 9.98. The predicted octanol–water partition coefficient (Wildman–Crippen LogP) is 3.19. The molecule has 1 aliphatic heterocycles. The van der Waals surface area contributed by atoms with Crippen molar-refractivity contribution in [2.75, 3.05) is 0 Å². The number of esters is 1. The third-order valence-electron chi connectivity index (χ3n) is 3.15. The van der Waals surface area contributed by atoms with Gasteiger partial charge in [-0.25, -0.2) is 4.39 Å². The molecule has 120 valence electrons. The molecule has 0 spiro atoms. The standard InChI is InChI=1S/C16H18BrFO4/c1-16(2,3)22-15(20)13(17)14(19)12-6-4-9-8-10(18)5-7-11(9)21-12/h5,7-8,12-13H,4,6H2,1-3H3. The summed E-state index contributed by atoms with van der Waals surface area (Å²) < 4.78 is 23.9. The number of carbonyl (C=O) groups excluding carboxylic acids is 2. The monoisotopic (exact) mass is 372 g/mol. The topological polar surface area (TPSA) is 52.6 Å². The fourth-order valence-corrected chi connectivity index (χ4v) is 2.58. The van der Waals surface area contributed by atoms with E-state index in [1.807, 2.05) is 0 Å². The van der Waals surface area contributed by atoms with Gasteiger partial charge in [-0.1, -0.05) is 15.9 Å². The van der Waals surface area contributed by atoms with Gasteiger partial charge in [0.2, 0.25) is 0 Å². The van der Waals surface area contributed by atoms with E-state index in [0.717, 1.165) is 5.56 Å². The minimum Gasteiger partial charge on any atom is -0.482 e. The van der Waals surface area contributed by atoms with Crippen LogP contribution in [0.3, 0.4) is 0 Å². The van der Waals surface area contributed by atoms with E-state index in [4.69, 9.17) is 9.47 Å². The summed E-state index contributed by atoms with van der Waals surface area (Å²) in [6.07, 6.45) is 0.187. The first-order valence-electron chi connectivity index (χ1n) is 7.03. The molecule has 22 heavy (non-hydrogen) atoms. The predicted molar refractivity (Wildman–Crippen MR) is 82.7 cm³/mol. The molecule has 2 rings (SSSR count). The highest BCUT2D eigenvalue weighted by molar-refractivity contribution is 9.10. The number of halogens is 2. The van der Waals surface area contributed by atoms with E-state index < -0.39 is 22.5 Å². The summed E-state index contributed by atoms with van der Waals surface area (Å²) in [5.74, 6) is -0.871. The third kappa shape index (κ3) is 4.06. The number of alkyl halides is 1. The summed E-state index contributed by atoms with van der Waals surface area (Å²) in [5, 5.41) is 0. The van der Waals surface area contributed by atoms with Gasteiger partial charge in [0, 0.05) is 0 Å². The van der Waals surface area contributed by atoms with Gasteiger partial charge in [0.05, 0.1) is 0 Å². The molecule has 0 bridgehead atoms. The van der Waals surface area contributed by atoms with Crippen molar-refractivity contribution in [3.63, 3.8) is 0 Å². The number of rotatable bonds is 3. The lowest BCUT2D eigenvalue weighted by molar-refractivity contribution is -0.156. The zero-order valence-electron chi connectivity index (χ0n) is 12.7. The van der Waals surface area contributed by atoms with Gasteiger partial charge in [-0.15, -0.1) is 0 Å². The summed E-state index contributed by atoms with van der Waals surface area (Å²) in [7, 11) is 0. The highest BCUT2D eigenvalue weighted by Gasteiger charge is 2.36. The Kier molecular flexibility index (Phi) is 4.90. The molecular formula is C16H18BrFO4. The Bertz CT molecular complexity index is 594. The molecule has 2 unspecified atom stereocenters. The second-order valence-electron chi connectivity index (χ2n) is 6.20. The number of hydrogen-bond donors (Lipinski definition) is 0. The number of benzene rings is 1. The number of ether oxygens (including phenoxy) is 2. The van der Waals surface area contributed by atoms with Crippen molar-refractivity contribution in [2.24, 2.45) is 0 Å². The van der Waals surface area contributed by atoms with Crippen molar-refractivity contribution in [3.05, 3.63) is 29.6 Å². The summed E-state index contributed by atoms with van der Waals surface area (Å²) in [6.45, 7) is 5.20. The molecule has 2 atom stereocenters. The van der Waals surface area contributed by atoms with Gasteiger partial charge >= 0.3 is 5.97 Å². The number of ketones is 1. The Morgan fingerprint density at radius 2 is 2.09 bits per heavy atom. The molecule has 4 nitrogen and oxygen atoms in total. The van der Waals surface area contributed by atoms with Crippen LogP contribution >= 0.6 is 15.9 Å². The van der Waals surface area contributed by atoms with E-state index in [0.29, 0.717) is 18.6 Å². The third-order valence-corrected chi connectivity index (χ3v) is 3.97. The van der Waals surface area contributed by atoms with Crippen LogP contribution < -0.4 is 4.74 Å². The Morgan fingerprint density at radius 3 is 2.73 bits per heavy atom. The molecule has 1 aliphatic rings. The van der Waals surface area contributed by atoms with Gasteiger partial charge < -0.3 is 9.47 Å². The quantitative estimate of drug-likeness (QED) is 0.464. The molecule has 6 heteroatoms. The van der Waals surface area contributed by atoms with Crippen molar-refractivity contribution in [1.82, 2.24) is 0 Å². The second kappa shape index (κ2) is 6.36. The second-order valence-corrected chi connectivity index (χ2v) is 7.11. The maximum Gasteiger partial charge on any atom is 0.328 e. The average molecular weight is 373 g/mol. The number of fused-ring (bicyclic) bond motifs is 1. The van der Waals surface area contributed by atoms with Gasteiger partial charge in [-0.3, -0.25) is 9.59 Å². The molecule has 0 amide bonds. The molecular weight excluding hydrogens is 355 g/mol. The molecule has 0 saturated heterocycles. The molecule has 1 aromatic rings. The highest BCUT2D eigenvalue weighted by atomic mass is 79.9. The summed E-state index contributed by atoms with van der Waals surface area (Å²) in [4.78, 5) is 23.2. The van der Waals surface area contributed by atoms with Gasteiger partial charge in [0.15, 0.2) is 16.7 Å². The molecule has 0 aromatic heterocycles. The minimum atomic E-state index is -1.07. The molecule has 0 N–H and O–H groups in total. The molecule has 0 fully saturated rings. The van der Waals surface area contributed by atoms with Crippen LogP contribution in [0.5, 0.6) is 5.75 Å². The van der Waals surface area contributed by atoms with Crippen molar-refractivity contribution in [3.8, 4) is 5.75 Å². The van der Waals surface area contributed by atoms with Crippen molar-refractivity contribution in [2.45, 2.75) is 50.1 Å². The van der Waals surface area contributed by atoms with Crippen LogP contribution in [0, 0.1) is 5.82 Å². The van der Waals surface area contributed by atoms with Crippen molar-refractivity contribution in [1.29, 1.82) is 0 Å². The number of aryl methyl sites for hydroxylation is 1. The van der Waals surface area contributed by atoms with Crippen LogP contribution in [-0.4, -0.2) is 28.3 Å². The zero-order valence-corrected chi connectivity index (χ0v) is 14.3. The van der Waals surface area contributed by atoms with Crippen LogP contribution in [0.15, 0.2) is 18.2 Å². The van der Waals surface area contributed by atoms with Gasteiger partial charge in [0.1, 0.15) is 17.2 Å². The Labute approximate surface area is 137 Å². The normalized spacial score (nSPS) is 18.9. The van der Waals surface area contributed by atoms with Crippen LogP contribution in [0.1, 0.15) is 32.8 Å². The molecule has 1 heterocycles. The van der Waals surface area contributed by atoms with E-state index in [1.54, 1.807) is 20.8 Å². The molecule has 0 aliphatic carbocycles. The van der Waals surface area contributed by atoms with E-state index >= 15 is 0 Å². The summed E-state index contributed by atoms with van der Waals surface area (Å²) in [5.41, 5.74) is 0.0634. The average Bonchev–Trinajstić information content (AvgIpc) is 2.43. The van der Waals surface area contributed by atoms with E-state index in [2.05, 4.69) is 15.9 Å². The molecule has 1 aromatic carbocycles. The largest absolute Gasteiger partial charge is 0.482 e. The smallest absolute Gasteiger partial charge is 0.328 e. The lowest BCUT2D eigenvalue weighted by Crippen LogP contribution is -2.41. The maximum absolute atomic E-state index is 13.2. The first kappa shape index (κ1) is 16.9. The first-order valence-corrected chi connectivity index (χ1v) is 7.95. The van der Waals surface area contributed by atoms with Gasteiger partial charge in [-0.05, 0) is 57.4 Å². The Hall–Kier alpha value is -1.43. The van der Waals surface area contributed by atoms with Crippen molar-refractivity contribution >= 4 is 27.7 Å². The summed E-state index contributed by atoms with van der Waals surface area (Å²) in [6, 6.07) is 4.18. The molecule has 0 radical (unpaired) electrons. The van der Waals surface area contributed by atoms with E-state index in [9.17, 15) is 14.0 Å². The van der Waals surface area contributed by atoms with E-state index in [-0.39, 0.29) is 11.6 Å². The Balaban J connectivity index is 2.05. The minimum absolute atomic E-state index is 0.334. The fraction of sp³-hybridized carbons (Fsp3) is 0.500. The summed E-state index contributed by atoms with van der Waals surface area (Å²) >= 11 is 3.08. The van der Waals surface area contributed by atoms with E-state index in [1.165, 1.54) is 18.2 Å². The zero-order chi connectivity index (χ0) is 16.5. The number of hydrogen-bond acceptors (Lipinski definition) is 4. The fourth-order valence-electron chi connectivity index (χ4n) is 2.19. The first-order chi connectivity index (χ1) is 10.2. The Morgan fingerprint density at radius 1 is 1.41 bits per heavy atom. The molecule has 0 saturated carbocycles. The van der Waals surface area contributed by atoms with Gasteiger partial charge in [0.25, 0.3) is 0 Å². The SMILES string of the molecule is CC(C)(C)OC(=O)C(Br)C(=O)C1CCc2cc(F)ccc2O1. The van der Waals surface area contributed by atoms with Crippen LogP contribution in [0.25, 0.3) is 0 Å². The van der Waals surface area contributed by atoms with Crippen LogP contribution in [0.2, 0.25) is 0 Å². The lowest BCUT2D eigenvalue weighted by Gasteiger charge is -2.27.